The SMILES string of the molecule is Cc1cccc([C@@H]2Nc3ccccc3-n3c(-c4ccccc4C)c4c(=O)n(C)c(=O)n(C)c4c32)c1. The molecule has 3 heterocycles. The highest BCUT2D eigenvalue weighted by atomic mass is 16.2. The first-order valence-electron chi connectivity index (χ1n) is 11.7. The van der Waals surface area contributed by atoms with Gasteiger partial charge in [-0.2, -0.15) is 0 Å². The van der Waals surface area contributed by atoms with E-state index in [0.29, 0.717) is 10.9 Å². The minimum Gasteiger partial charge on any atom is -0.371 e. The molecule has 6 nitrogen and oxygen atoms in total. The molecule has 0 saturated carbocycles. The number of nitrogens with one attached hydrogen (secondary N) is 1. The molecule has 0 saturated heterocycles. The maximum absolute atomic E-state index is 13.7. The van der Waals surface area contributed by atoms with E-state index in [1.165, 1.54) is 4.57 Å². The van der Waals surface area contributed by atoms with Gasteiger partial charge >= 0.3 is 5.69 Å². The van der Waals surface area contributed by atoms with Crippen molar-refractivity contribution >= 4 is 16.6 Å². The Balaban J connectivity index is 1.89. The molecule has 6 rings (SSSR count). The second-order valence-corrected chi connectivity index (χ2v) is 9.32. The maximum Gasteiger partial charge on any atom is 0.331 e. The summed E-state index contributed by atoms with van der Waals surface area (Å²) in [6.45, 7) is 4.13. The minimum absolute atomic E-state index is 0.247. The largest absolute Gasteiger partial charge is 0.371 e. The summed E-state index contributed by atoms with van der Waals surface area (Å²) >= 11 is 0. The van der Waals surface area contributed by atoms with Crippen molar-refractivity contribution in [1.82, 2.24) is 13.7 Å². The Labute approximate surface area is 202 Å². The van der Waals surface area contributed by atoms with E-state index in [2.05, 4.69) is 60.1 Å². The number of benzene rings is 3. The van der Waals surface area contributed by atoms with Gasteiger partial charge in [0.15, 0.2) is 0 Å². The fourth-order valence-electron chi connectivity index (χ4n) is 5.41. The van der Waals surface area contributed by atoms with Gasteiger partial charge in [0.2, 0.25) is 0 Å². The van der Waals surface area contributed by atoms with Crippen LogP contribution in [0.4, 0.5) is 5.69 Å². The van der Waals surface area contributed by atoms with Gasteiger partial charge in [0.1, 0.15) is 0 Å². The number of rotatable bonds is 2. The van der Waals surface area contributed by atoms with Crippen LogP contribution in [-0.2, 0) is 14.1 Å². The smallest absolute Gasteiger partial charge is 0.331 e. The summed E-state index contributed by atoms with van der Waals surface area (Å²) in [5.41, 5.74) is 7.92. The van der Waals surface area contributed by atoms with Crippen LogP contribution in [0.15, 0.2) is 82.4 Å². The van der Waals surface area contributed by atoms with Gasteiger partial charge in [0.25, 0.3) is 5.56 Å². The second kappa shape index (κ2) is 7.60. The van der Waals surface area contributed by atoms with Crippen LogP contribution in [0.3, 0.4) is 0 Å². The Hall–Kier alpha value is -4.32. The summed E-state index contributed by atoms with van der Waals surface area (Å²) in [5, 5.41) is 4.25. The zero-order valence-electron chi connectivity index (χ0n) is 20.2. The first-order chi connectivity index (χ1) is 16.9. The molecule has 3 aromatic carbocycles. The van der Waals surface area contributed by atoms with Crippen molar-refractivity contribution in [2.45, 2.75) is 19.9 Å². The molecule has 0 amide bonds. The monoisotopic (exact) mass is 462 g/mol. The lowest BCUT2D eigenvalue weighted by Gasteiger charge is -2.31. The van der Waals surface area contributed by atoms with Crippen molar-refractivity contribution in [3.63, 3.8) is 0 Å². The molecule has 35 heavy (non-hydrogen) atoms. The first-order valence-corrected chi connectivity index (χ1v) is 11.7. The first kappa shape index (κ1) is 21.2. The normalized spacial score (nSPS) is 14.5. The Morgan fingerprint density at radius 3 is 2.34 bits per heavy atom. The molecule has 0 fully saturated rings. The molecule has 2 aromatic heterocycles. The Morgan fingerprint density at radius 1 is 0.829 bits per heavy atom. The van der Waals surface area contributed by atoms with Crippen molar-refractivity contribution in [3.8, 4) is 16.9 Å². The van der Waals surface area contributed by atoms with E-state index in [1.807, 2.05) is 36.4 Å². The molecule has 5 aromatic rings. The van der Waals surface area contributed by atoms with E-state index in [4.69, 9.17) is 0 Å². The summed E-state index contributed by atoms with van der Waals surface area (Å²) in [6.07, 6.45) is 0. The predicted molar refractivity (Wildman–Crippen MR) is 141 cm³/mol. The Kier molecular flexibility index (Phi) is 4.61. The van der Waals surface area contributed by atoms with Gasteiger partial charge in [0, 0.05) is 19.7 Å². The zero-order valence-corrected chi connectivity index (χ0v) is 20.2. The average molecular weight is 463 g/mol. The van der Waals surface area contributed by atoms with E-state index < -0.39 is 0 Å². The van der Waals surface area contributed by atoms with Gasteiger partial charge in [-0.15, -0.1) is 0 Å². The van der Waals surface area contributed by atoms with Crippen molar-refractivity contribution in [1.29, 1.82) is 0 Å². The molecule has 6 heteroatoms. The number of hydrogen-bond donors (Lipinski definition) is 1. The number of fused-ring (bicyclic) bond motifs is 5. The maximum atomic E-state index is 13.7. The standard InChI is InChI=1S/C29H26N4O2/c1-17-10-9-12-19(16-17)24-27-26-23(28(34)32(4)29(35)31(26)3)25(20-13-6-5-11-18(20)2)33(27)22-15-8-7-14-21(22)30-24/h5-16,24,30H,1-4H3/t24-/m0/s1. The highest BCUT2D eigenvalue weighted by Gasteiger charge is 2.35. The molecule has 0 aliphatic carbocycles. The molecule has 0 radical (unpaired) electrons. The fourth-order valence-corrected chi connectivity index (χ4v) is 5.41. The van der Waals surface area contributed by atoms with Crippen molar-refractivity contribution in [2.75, 3.05) is 5.32 Å². The number of aromatic nitrogens is 3. The number of anilines is 1. The summed E-state index contributed by atoms with van der Waals surface area (Å²) in [7, 11) is 3.30. The van der Waals surface area contributed by atoms with Crippen molar-refractivity contribution in [3.05, 3.63) is 116 Å². The quantitative estimate of drug-likeness (QED) is 0.409. The van der Waals surface area contributed by atoms with Crippen LogP contribution >= 0.6 is 0 Å². The van der Waals surface area contributed by atoms with Crippen LogP contribution in [0.2, 0.25) is 0 Å². The third-order valence-corrected chi connectivity index (χ3v) is 7.10. The summed E-state index contributed by atoms with van der Waals surface area (Å²) in [4.78, 5) is 26.9. The molecule has 0 spiro atoms. The lowest BCUT2D eigenvalue weighted by Crippen LogP contribution is -2.37. The molecule has 1 aliphatic heterocycles. The average Bonchev–Trinajstić information content (AvgIpc) is 3.22. The third kappa shape index (κ3) is 2.96. The van der Waals surface area contributed by atoms with Crippen LogP contribution < -0.4 is 16.6 Å². The summed E-state index contributed by atoms with van der Waals surface area (Å²) in [6, 6.07) is 24.3. The van der Waals surface area contributed by atoms with E-state index >= 15 is 0 Å². The molecule has 1 N–H and O–H groups in total. The van der Waals surface area contributed by atoms with Gasteiger partial charge in [-0.05, 0) is 37.1 Å². The van der Waals surface area contributed by atoms with Crippen LogP contribution in [0.25, 0.3) is 27.8 Å². The van der Waals surface area contributed by atoms with Crippen LogP contribution in [0.1, 0.15) is 28.4 Å². The van der Waals surface area contributed by atoms with Crippen LogP contribution in [0.5, 0.6) is 0 Å². The third-order valence-electron chi connectivity index (χ3n) is 7.10. The fraction of sp³-hybridized carbons (Fsp3) is 0.172. The van der Waals surface area contributed by atoms with Crippen LogP contribution in [-0.4, -0.2) is 13.7 Å². The Morgan fingerprint density at radius 2 is 1.57 bits per heavy atom. The number of nitrogens with zero attached hydrogens (tertiary/aromatic N) is 3. The lowest BCUT2D eigenvalue weighted by atomic mass is 9.98. The summed E-state index contributed by atoms with van der Waals surface area (Å²) in [5.74, 6) is 0. The highest BCUT2D eigenvalue weighted by molar-refractivity contribution is 5.99. The molecule has 0 unspecified atom stereocenters. The van der Waals surface area contributed by atoms with E-state index in [1.54, 1.807) is 18.7 Å². The molecule has 0 bridgehead atoms. The van der Waals surface area contributed by atoms with Gasteiger partial charge in [0.05, 0.1) is 39.7 Å². The second-order valence-electron chi connectivity index (χ2n) is 9.32. The Bertz CT molecular complexity index is 1770. The number of para-hydroxylation sites is 2. The van der Waals surface area contributed by atoms with E-state index in [0.717, 1.165) is 45.0 Å². The van der Waals surface area contributed by atoms with Gasteiger partial charge in [-0.25, -0.2) is 4.79 Å². The predicted octanol–water partition coefficient (Wildman–Crippen LogP) is 4.83. The van der Waals surface area contributed by atoms with Gasteiger partial charge in [-0.3, -0.25) is 13.9 Å². The summed E-state index contributed by atoms with van der Waals surface area (Å²) < 4.78 is 5.01. The lowest BCUT2D eigenvalue weighted by molar-refractivity contribution is 0.708. The molecule has 1 aliphatic rings. The minimum atomic E-state index is -0.339. The highest BCUT2D eigenvalue weighted by Crippen LogP contribution is 2.45. The van der Waals surface area contributed by atoms with E-state index in [-0.39, 0.29) is 17.3 Å². The van der Waals surface area contributed by atoms with Crippen molar-refractivity contribution in [2.24, 2.45) is 14.1 Å². The number of hydrogen-bond acceptors (Lipinski definition) is 3. The van der Waals surface area contributed by atoms with E-state index in [9.17, 15) is 9.59 Å². The molecular formula is C29H26N4O2. The van der Waals surface area contributed by atoms with Gasteiger partial charge < -0.3 is 9.88 Å². The molecule has 174 valence electrons. The van der Waals surface area contributed by atoms with Crippen molar-refractivity contribution < 1.29 is 0 Å². The topological polar surface area (TPSA) is 61.0 Å². The van der Waals surface area contributed by atoms with Gasteiger partial charge in [-0.1, -0.05) is 66.2 Å². The number of aryl methyl sites for hydroxylation is 3. The molecule has 1 atom stereocenters. The zero-order chi connectivity index (χ0) is 24.4. The molecular weight excluding hydrogens is 436 g/mol. The van der Waals surface area contributed by atoms with Crippen LogP contribution in [0, 0.1) is 13.8 Å².